The van der Waals surface area contributed by atoms with Gasteiger partial charge in [0.15, 0.2) is 0 Å². The number of fused-ring (bicyclic) bond motifs is 1. The van der Waals surface area contributed by atoms with Gasteiger partial charge in [0.2, 0.25) is 11.2 Å². The number of likely N-dealkylation sites (tertiary alicyclic amines) is 1. The highest BCUT2D eigenvalue weighted by Gasteiger charge is 2.41. The molecule has 0 spiro atoms. The van der Waals surface area contributed by atoms with E-state index in [1.54, 1.807) is 36.4 Å². The first-order chi connectivity index (χ1) is 20.1. The Balaban J connectivity index is 1.62. The fraction of sp³-hybridized carbons (Fsp3) is 0.333. The number of benzene rings is 3. The fourth-order valence-corrected chi connectivity index (χ4v) is 5.12. The Bertz CT molecular complexity index is 1620. The average molecular weight is 580 g/mol. The molecule has 0 saturated carbocycles. The summed E-state index contributed by atoms with van der Waals surface area (Å²) in [6, 6.07) is 16.1. The third-order valence-corrected chi connectivity index (χ3v) is 7.34. The lowest BCUT2D eigenvalue weighted by molar-refractivity contribution is -0.154. The molecular formula is C33H32F3NO5. The number of carbonyl (C=O) groups excluding carboxylic acids is 1. The van der Waals surface area contributed by atoms with Crippen LogP contribution in [0.3, 0.4) is 0 Å². The Morgan fingerprint density at radius 1 is 0.952 bits per heavy atom. The van der Waals surface area contributed by atoms with Crippen molar-refractivity contribution < 1.29 is 31.9 Å². The molecule has 1 saturated heterocycles. The van der Waals surface area contributed by atoms with E-state index in [9.17, 15) is 22.8 Å². The predicted molar refractivity (Wildman–Crippen MR) is 153 cm³/mol. The van der Waals surface area contributed by atoms with Gasteiger partial charge in [-0.3, -0.25) is 9.69 Å². The Hall–Kier alpha value is -4.11. The van der Waals surface area contributed by atoms with Crippen LogP contribution in [0.1, 0.15) is 65.4 Å². The number of hydrogen-bond acceptors (Lipinski definition) is 6. The lowest BCUT2D eigenvalue weighted by atomic mass is 10.1. The van der Waals surface area contributed by atoms with Gasteiger partial charge in [-0.2, -0.15) is 13.2 Å². The molecule has 0 unspecified atom stereocenters. The van der Waals surface area contributed by atoms with Crippen molar-refractivity contribution in [3.05, 3.63) is 98.9 Å². The Morgan fingerprint density at radius 3 is 2.29 bits per heavy atom. The molecule has 1 aromatic heterocycles. The molecule has 0 bridgehead atoms. The van der Waals surface area contributed by atoms with E-state index in [2.05, 4.69) is 4.90 Å². The highest BCUT2D eigenvalue weighted by Crippen LogP contribution is 2.40. The maximum Gasteiger partial charge on any atom is 0.453 e. The molecule has 4 aromatic rings. The van der Waals surface area contributed by atoms with E-state index in [0.29, 0.717) is 13.1 Å². The minimum atomic E-state index is -5.03. The zero-order valence-electron chi connectivity index (χ0n) is 23.6. The molecule has 1 fully saturated rings. The fourth-order valence-electron chi connectivity index (χ4n) is 5.12. The van der Waals surface area contributed by atoms with Gasteiger partial charge in [0, 0.05) is 6.54 Å². The second-order valence-corrected chi connectivity index (χ2v) is 10.6. The quantitative estimate of drug-likeness (QED) is 0.155. The summed E-state index contributed by atoms with van der Waals surface area (Å²) in [5.74, 6) is -3.02. The van der Waals surface area contributed by atoms with Gasteiger partial charge in [0.05, 0.1) is 16.5 Å². The lowest BCUT2D eigenvalue weighted by Gasteiger charge is -2.27. The van der Waals surface area contributed by atoms with Gasteiger partial charge in [0.1, 0.15) is 17.1 Å². The summed E-state index contributed by atoms with van der Waals surface area (Å²) in [7, 11) is 0. The normalized spacial score (nSPS) is 14.2. The first-order valence-corrected chi connectivity index (χ1v) is 14.1. The molecular weight excluding hydrogens is 547 g/mol. The van der Waals surface area contributed by atoms with Gasteiger partial charge in [-0.15, -0.1) is 0 Å². The molecule has 1 aliphatic heterocycles. The molecule has 2 heterocycles. The van der Waals surface area contributed by atoms with Gasteiger partial charge < -0.3 is 13.9 Å². The largest absolute Gasteiger partial charge is 0.453 e. The zero-order valence-corrected chi connectivity index (χ0v) is 23.6. The van der Waals surface area contributed by atoms with Crippen molar-refractivity contribution in [2.45, 2.75) is 58.7 Å². The second kappa shape index (κ2) is 12.4. The summed E-state index contributed by atoms with van der Waals surface area (Å²) in [6.07, 6.45) is -0.403. The molecule has 42 heavy (non-hydrogen) atoms. The molecule has 0 amide bonds. The summed E-state index contributed by atoms with van der Waals surface area (Å²) in [5.41, 5.74) is 1.21. The van der Waals surface area contributed by atoms with Crippen LogP contribution in [0.25, 0.3) is 11.0 Å². The highest BCUT2D eigenvalue weighted by atomic mass is 19.4. The van der Waals surface area contributed by atoms with Gasteiger partial charge >= 0.3 is 12.1 Å². The number of alkyl halides is 3. The summed E-state index contributed by atoms with van der Waals surface area (Å²) in [5, 5.41) is -0.0947. The number of esters is 1. The molecule has 1 aliphatic rings. The topological polar surface area (TPSA) is 69.0 Å². The number of ether oxygens (including phenoxy) is 2. The van der Waals surface area contributed by atoms with Crippen molar-refractivity contribution >= 4 is 16.9 Å². The lowest BCUT2D eigenvalue weighted by Crippen LogP contribution is -2.29. The van der Waals surface area contributed by atoms with E-state index < -0.39 is 29.1 Å². The molecule has 0 N–H and O–H groups in total. The smallest absolute Gasteiger partial charge is 0.449 e. The number of halogens is 3. The van der Waals surface area contributed by atoms with E-state index >= 15 is 0 Å². The number of carbonyl (C=O) groups is 1. The monoisotopic (exact) mass is 579 g/mol. The van der Waals surface area contributed by atoms with Gasteiger partial charge in [-0.05, 0) is 81.2 Å². The van der Waals surface area contributed by atoms with Crippen LogP contribution in [0.4, 0.5) is 13.2 Å². The first-order valence-electron chi connectivity index (χ1n) is 14.1. The third kappa shape index (κ3) is 6.51. The van der Waals surface area contributed by atoms with Crippen LogP contribution in [0.5, 0.6) is 17.2 Å². The van der Waals surface area contributed by atoms with Crippen LogP contribution in [0.15, 0.2) is 69.9 Å². The van der Waals surface area contributed by atoms with Crippen LogP contribution < -0.4 is 14.9 Å². The Morgan fingerprint density at radius 2 is 1.64 bits per heavy atom. The Labute approximate surface area is 241 Å². The van der Waals surface area contributed by atoms with E-state index in [1.165, 1.54) is 24.3 Å². The minimum absolute atomic E-state index is 0.0371. The van der Waals surface area contributed by atoms with Crippen LogP contribution in [0.2, 0.25) is 0 Å². The molecule has 220 valence electrons. The van der Waals surface area contributed by atoms with Crippen LogP contribution in [-0.2, 0) is 19.1 Å². The minimum Gasteiger partial charge on any atom is -0.449 e. The summed E-state index contributed by atoms with van der Waals surface area (Å²) in [6.45, 7) is 5.48. The molecule has 0 atom stereocenters. The van der Waals surface area contributed by atoms with Crippen LogP contribution in [-0.4, -0.2) is 24.0 Å². The Kier molecular flexibility index (Phi) is 8.68. The van der Waals surface area contributed by atoms with Gasteiger partial charge in [-0.25, -0.2) is 4.79 Å². The molecule has 0 radical (unpaired) electrons. The van der Waals surface area contributed by atoms with Crippen molar-refractivity contribution in [1.29, 1.82) is 0 Å². The number of piperidine rings is 1. The number of rotatable bonds is 8. The van der Waals surface area contributed by atoms with Crippen molar-refractivity contribution in [3.8, 4) is 17.2 Å². The van der Waals surface area contributed by atoms with Crippen molar-refractivity contribution in [2.24, 2.45) is 0 Å². The van der Waals surface area contributed by atoms with E-state index in [1.807, 2.05) is 13.8 Å². The van der Waals surface area contributed by atoms with E-state index in [-0.39, 0.29) is 40.1 Å². The van der Waals surface area contributed by atoms with E-state index in [0.717, 1.165) is 43.2 Å². The van der Waals surface area contributed by atoms with Crippen molar-refractivity contribution in [2.75, 3.05) is 13.1 Å². The SMILES string of the molecule is CCCc1ccc(Oc2c(C(F)(F)F)oc3c(CN4CCCCC4)c(OC(=O)c4ccc(C)cc4)ccc3c2=O)cc1. The maximum absolute atomic E-state index is 14.4. The number of nitrogens with zero attached hydrogens (tertiary/aromatic N) is 1. The molecule has 5 rings (SSSR count). The third-order valence-electron chi connectivity index (χ3n) is 7.34. The second-order valence-electron chi connectivity index (χ2n) is 10.6. The predicted octanol–water partition coefficient (Wildman–Crippen LogP) is 8.07. The zero-order chi connectivity index (χ0) is 29.9. The highest BCUT2D eigenvalue weighted by molar-refractivity contribution is 5.92. The summed E-state index contributed by atoms with van der Waals surface area (Å²) in [4.78, 5) is 28.6. The molecule has 3 aromatic carbocycles. The number of hydrogen-bond donors (Lipinski definition) is 0. The van der Waals surface area contributed by atoms with Gasteiger partial charge in [-0.1, -0.05) is 49.6 Å². The molecule has 0 aliphatic carbocycles. The van der Waals surface area contributed by atoms with Crippen LogP contribution >= 0.6 is 0 Å². The van der Waals surface area contributed by atoms with E-state index in [4.69, 9.17) is 13.9 Å². The number of aryl methyl sites for hydroxylation is 2. The maximum atomic E-state index is 14.4. The molecule has 9 heteroatoms. The van der Waals surface area contributed by atoms with Crippen molar-refractivity contribution in [3.63, 3.8) is 0 Å². The van der Waals surface area contributed by atoms with Crippen LogP contribution in [0, 0.1) is 6.92 Å². The van der Waals surface area contributed by atoms with Gasteiger partial charge in [0.25, 0.3) is 5.76 Å². The molecule has 6 nitrogen and oxygen atoms in total. The summed E-state index contributed by atoms with van der Waals surface area (Å²) < 4.78 is 59.9. The standard InChI is InChI=1S/C33H32F3NO5/c1-3-7-22-10-14-24(15-11-22)40-30-28(38)25-16-17-27(41-32(39)23-12-8-21(2)9-13-23)26(20-37-18-5-4-6-19-37)29(25)42-31(30)33(34,35)36/h8-17H,3-7,18-20H2,1-2H3. The summed E-state index contributed by atoms with van der Waals surface area (Å²) >= 11 is 0. The average Bonchev–Trinajstić information content (AvgIpc) is 2.97. The first kappa shape index (κ1) is 29.4. The van der Waals surface area contributed by atoms with Crippen molar-refractivity contribution in [1.82, 2.24) is 4.90 Å².